The van der Waals surface area contributed by atoms with Crippen LogP contribution in [-0.4, -0.2) is 4.57 Å². The van der Waals surface area contributed by atoms with E-state index in [0.29, 0.717) is 0 Å². The monoisotopic (exact) mass is 538 g/mol. The number of imidazole rings is 1. The van der Waals surface area contributed by atoms with Crippen LogP contribution in [0, 0.1) is 0 Å². The largest absolute Gasteiger partial charge is 0.260 e. The van der Waals surface area contributed by atoms with Crippen molar-refractivity contribution in [3.8, 4) is 0 Å². The van der Waals surface area contributed by atoms with Crippen LogP contribution in [-0.2, 0) is 19.5 Å². The number of aromatic nitrogens is 2. The highest BCUT2D eigenvalue weighted by molar-refractivity contribution is 5.18. The highest BCUT2D eigenvalue weighted by atomic mass is 15.1. The molecule has 39 heavy (non-hydrogen) atoms. The fourth-order valence-electron chi connectivity index (χ4n) is 5.96. The van der Waals surface area contributed by atoms with Crippen LogP contribution in [0.3, 0.4) is 0 Å². The highest BCUT2D eigenvalue weighted by Crippen LogP contribution is 2.14. The van der Waals surface area contributed by atoms with E-state index in [1.165, 1.54) is 172 Å². The van der Waals surface area contributed by atoms with E-state index < -0.39 is 0 Å². The third-order valence-corrected chi connectivity index (χ3v) is 8.55. The Morgan fingerprint density at radius 2 is 0.949 bits per heavy atom. The van der Waals surface area contributed by atoms with E-state index in [4.69, 9.17) is 0 Å². The van der Waals surface area contributed by atoms with E-state index in [1.807, 2.05) is 0 Å². The summed E-state index contributed by atoms with van der Waals surface area (Å²) in [5.41, 5.74) is 1.43. The fourth-order valence-corrected chi connectivity index (χ4v) is 5.96. The summed E-state index contributed by atoms with van der Waals surface area (Å²) in [6.45, 7) is 6.95. The van der Waals surface area contributed by atoms with Crippen LogP contribution in [0.5, 0.6) is 0 Å². The van der Waals surface area contributed by atoms with Gasteiger partial charge in [0.25, 0.3) is 5.82 Å². The molecule has 0 fully saturated rings. The van der Waals surface area contributed by atoms with Crippen LogP contribution < -0.4 is 4.57 Å². The molecule has 0 aliphatic carbocycles. The first kappa shape index (κ1) is 33.6. The van der Waals surface area contributed by atoms with Gasteiger partial charge in [-0.2, -0.15) is 0 Å². The van der Waals surface area contributed by atoms with Gasteiger partial charge in [-0.05, 0) is 31.2 Å². The van der Waals surface area contributed by atoms with Gasteiger partial charge in [0.1, 0.15) is 12.4 Å². The number of unbranched alkanes of at least 4 members (excludes halogenated alkanes) is 21. The van der Waals surface area contributed by atoms with Crippen molar-refractivity contribution in [3.05, 3.63) is 54.1 Å². The molecule has 0 N–H and O–H groups in total. The molecule has 0 aliphatic heterocycles. The molecule has 0 aliphatic rings. The van der Waals surface area contributed by atoms with Gasteiger partial charge in [-0.3, -0.25) is 0 Å². The van der Waals surface area contributed by atoms with E-state index in [0.717, 1.165) is 6.42 Å². The maximum atomic E-state index is 2.56. The minimum absolute atomic E-state index is 1.05. The maximum absolute atomic E-state index is 2.56. The molecular formula is C37H65N2+. The Morgan fingerprint density at radius 1 is 0.513 bits per heavy atom. The van der Waals surface area contributed by atoms with Crippen LogP contribution in [0.1, 0.15) is 173 Å². The molecule has 0 saturated heterocycles. The van der Waals surface area contributed by atoms with Crippen LogP contribution in [0.25, 0.3) is 0 Å². The van der Waals surface area contributed by atoms with E-state index in [9.17, 15) is 0 Å². The molecule has 2 heteroatoms. The molecular weight excluding hydrogens is 472 g/mol. The van der Waals surface area contributed by atoms with Gasteiger partial charge >= 0.3 is 0 Å². The number of hydrogen-bond donors (Lipinski definition) is 0. The lowest BCUT2D eigenvalue weighted by Gasteiger charge is -2.07. The van der Waals surface area contributed by atoms with Crippen molar-refractivity contribution in [2.45, 2.75) is 181 Å². The standard InChI is InChI=1S/C37H65N2/c1-3-5-7-9-11-13-15-17-19-21-23-28-32-39-34-33-38(37(39)35-36-29-25-24-26-30-36)31-27-22-20-18-16-14-12-10-8-6-4-2/h24-26,29-30,33-34H,3-23,27-28,31-32,35H2,1-2H3/q+1. The van der Waals surface area contributed by atoms with Gasteiger partial charge in [-0.15, -0.1) is 0 Å². The first-order valence-electron chi connectivity index (χ1n) is 17.5. The van der Waals surface area contributed by atoms with Crippen LogP contribution >= 0.6 is 0 Å². The molecule has 0 radical (unpaired) electrons. The summed E-state index contributed by atoms with van der Waals surface area (Å²) >= 11 is 0. The van der Waals surface area contributed by atoms with Crippen molar-refractivity contribution in [3.63, 3.8) is 0 Å². The van der Waals surface area contributed by atoms with E-state index in [1.54, 1.807) is 0 Å². The Morgan fingerprint density at radius 3 is 1.44 bits per heavy atom. The third-order valence-electron chi connectivity index (χ3n) is 8.55. The normalized spacial score (nSPS) is 11.4. The lowest BCUT2D eigenvalue weighted by molar-refractivity contribution is -0.703. The fraction of sp³-hybridized carbons (Fsp3) is 0.757. The molecule has 222 valence electrons. The van der Waals surface area contributed by atoms with Gasteiger partial charge in [-0.25, -0.2) is 9.13 Å². The second kappa shape index (κ2) is 24.2. The van der Waals surface area contributed by atoms with Gasteiger partial charge < -0.3 is 0 Å². The average molecular weight is 538 g/mol. The Kier molecular flexibility index (Phi) is 20.9. The van der Waals surface area contributed by atoms with Gasteiger partial charge in [0, 0.05) is 0 Å². The first-order valence-corrected chi connectivity index (χ1v) is 17.5. The SMILES string of the molecule is CCCCCCCCCCCCCCn1cc[n+](CCCCCCCCCCCCC)c1Cc1ccccc1. The summed E-state index contributed by atoms with van der Waals surface area (Å²) in [7, 11) is 0. The zero-order valence-electron chi connectivity index (χ0n) is 26.3. The average Bonchev–Trinajstić information content (AvgIpc) is 3.33. The molecule has 1 aromatic carbocycles. The number of nitrogens with zero attached hydrogens (tertiary/aromatic N) is 2. The van der Waals surface area contributed by atoms with Gasteiger partial charge in [-0.1, -0.05) is 166 Å². The highest BCUT2D eigenvalue weighted by Gasteiger charge is 2.17. The molecule has 1 aromatic heterocycles. The zero-order valence-corrected chi connectivity index (χ0v) is 26.3. The van der Waals surface area contributed by atoms with Crippen molar-refractivity contribution in [2.75, 3.05) is 0 Å². The van der Waals surface area contributed by atoms with Crippen LogP contribution in [0.15, 0.2) is 42.7 Å². The molecule has 0 amide bonds. The first-order chi connectivity index (χ1) is 19.3. The predicted octanol–water partition coefficient (Wildman–Crippen LogP) is 11.4. The van der Waals surface area contributed by atoms with E-state index in [2.05, 4.69) is 65.7 Å². The summed E-state index contributed by atoms with van der Waals surface area (Å²) in [5, 5.41) is 0. The second-order valence-corrected chi connectivity index (χ2v) is 12.2. The van der Waals surface area contributed by atoms with E-state index in [-0.39, 0.29) is 0 Å². The molecule has 0 atom stereocenters. The molecule has 0 saturated carbocycles. The Bertz CT molecular complexity index is 778. The number of benzene rings is 1. The second-order valence-electron chi connectivity index (χ2n) is 12.2. The number of rotatable bonds is 27. The summed E-state index contributed by atoms with van der Waals surface area (Å²) in [6.07, 6.45) is 38.3. The maximum Gasteiger partial charge on any atom is 0.260 e. The van der Waals surface area contributed by atoms with Crippen molar-refractivity contribution in [1.29, 1.82) is 0 Å². The van der Waals surface area contributed by atoms with Gasteiger partial charge in [0.2, 0.25) is 0 Å². The minimum Gasteiger partial charge on any atom is -0.234 e. The minimum atomic E-state index is 1.05. The molecule has 0 spiro atoms. The molecule has 1 heterocycles. The lowest BCUT2D eigenvalue weighted by Crippen LogP contribution is -2.37. The molecule has 2 aromatic rings. The Balaban J connectivity index is 1.64. The van der Waals surface area contributed by atoms with Crippen molar-refractivity contribution < 1.29 is 4.57 Å². The number of hydrogen-bond acceptors (Lipinski definition) is 0. The topological polar surface area (TPSA) is 8.81 Å². The summed E-state index contributed by atoms with van der Waals surface area (Å²) in [5.74, 6) is 1.50. The third kappa shape index (κ3) is 17.0. The number of aryl methyl sites for hydroxylation is 2. The van der Waals surface area contributed by atoms with Gasteiger partial charge in [0.15, 0.2) is 0 Å². The van der Waals surface area contributed by atoms with Crippen molar-refractivity contribution in [1.82, 2.24) is 4.57 Å². The van der Waals surface area contributed by atoms with Crippen molar-refractivity contribution in [2.24, 2.45) is 0 Å². The van der Waals surface area contributed by atoms with E-state index >= 15 is 0 Å². The smallest absolute Gasteiger partial charge is 0.234 e. The molecule has 2 rings (SSSR count). The summed E-state index contributed by atoms with van der Waals surface area (Å²) in [4.78, 5) is 0. The summed E-state index contributed by atoms with van der Waals surface area (Å²) in [6, 6.07) is 11.1. The lowest BCUT2D eigenvalue weighted by atomic mass is 10.1. The van der Waals surface area contributed by atoms with Crippen LogP contribution in [0.2, 0.25) is 0 Å². The van der Waals surface area contributed by atoms with Crippen molar-refractivity contribution >= 4 is 0 Å². The van der Waals surface area contributed by atoms with Gasteiger partial charge in [0.05, 0.1) is 19.5 Å². The zero-order chi connectivity index (χ0) is 27.6. The van der Waals surface area contributed by atoms with Crippen LogP contribution in [0.4, 0.5) is 0 Å². The summed E-state index contributed by atoms with van der Waals surface area (Å²) < 4.78 is 5.11. The molecule has 2 nitrogen and oxygen atoms in total. The Hall–Kier alpha value is -1.57. The molecule has 0 unspecified atom stereocenters. The quantitative estimate of drug-likeness (QED) is 0.0791. The molecule has 0 bridgehead atoms. The Labute approximate surface area is 244 Å². The predicted molar refractivity (Wildman–Crippen MR) is 171 cm³/mol.